The predicted molar refractivity (Wildman–Crippen MR) is 51.6 cm³/mol. The van der Waals surface area contributed by atoms with E-state index in [4.69, 9.17) is 0 Å². The molecule has 1 nitrogen and oxygen atoms in total. The molecule has 0 N–H and O–H groups in total. The third-order valence-corrected chi connectivity index (χ3v) is 2.73. The molecule has 1 radical (unpaired) electrons. The van der Waals surface area contributed by atoms with Gasteiger partial charge < -0.3 is 0 Å². The SMILES string of the molecule is CCCCCCSCCC[O]. The highest BCUT2D eigenvalue weighted by molar-refractivity contribution is 7.99. The van der Waals surface area contributed by atoms with E-state index < -0.39 is 0 Å². The molecule has 0 aliphatic rings. The van der Waals surface area contributed by atoms with Gasteiger partial charge in [-0.25, -0.2) is 5.11 Å². The highest BCUT2D eigenvalue weighted by atomic mass is 32.2. The van der Waals surface area contributed by atoms with Crippen LogP contribution in [0.4, 0.5) is 0 Å². The average molecular weight is 175 g/mol. The maximum Gasteiger partial charge on any atom is 0.0830 e. The molecule has 0 aliphatic heterocycles. The Labute approximate surface area is 74.6 Å². The maximum absolute atomic E-state index is 10.1. The first-order valence-electron chi connectivity index (χ1n) is 4.57. The lowest BCUT2D eigenvalue weighted by atomic mass is 10.2. The van der Waals surface area contributed by atoms with Crippen molar-refractivity contribution in [2.75, 3.05) is 18.1 Å². The molecule has 0 aromatic carbocycles. The van der Waals surface area contributed by atoms with Crippen LogP contribution < -0.4 is 0 Å². The van der Waals surface area contributed by atoms with Gasteiger partial charge in [-0.05, 0) is 24.3 Å². The molecule has 0 aromatic heterocycles. The molecule has 0 rings (SSSR count). The zero-order chi connectivity index (χ0) is 8.36. The van der Waals surface area contributed by atoms with Crippen LogP contribution in [-0.4, -0.2) is 18.1 Å². The minimum absolute atomic E-state index is 0.0992. The van der Waals surface area contributed by atoms with Crippen LogP contribution in [0.3, 0.4) is 0 Å². The van der Waals surface area contributed by atoms with Gasteiger partial charge in [-0.1, -0.05) is 26.2 Å². The molecule has 0 atom stereocenters. The first kappa shape index (κ1) is 11.3. The van der Waals surface area contributed by atoms with E-state index in [2.05, 4.69) is 6.92 Å². The smallest absolute Gasteiger partial charge is 0.0830 e. The topological polar surface area (TPSA) is 19.9 Å². The van der Waals surface area contributed by atoms with Gasteiger partial charge in [-0.2, -0.15) is 11.8 Å². The van der Waals surface area contributed by atoms with Crippen molar-refractivity contribution in [1.82, 2.24) is 0 Å². The van der Waals surface area contributed by atoms with Gasteiger partial charge in [-0.15, -0.1) is 0 Å². The lowest BCUT2D eigenvalue weighted by Crippen LogP contribution is -1.87. The van der Waals surface area contributed by atoms with E-state index in [-0.39, 0.29) is 6.61 Å². The molecule has 0 amide bonds. The van der Waals surface area contributed by atoms with Crippen molar-refractivity contribution < 1.29 is 5.11 Å². The van der Waals surface area contributed by atoms with Crippen molar-refractivity contribution in [2.45, 2.75) is 39.0 Å². The average Bonchev–Trinajstić information content (AvgIpc) is 2.03. The minimum Gasteiger partial charge on any atom is -0.237 e. The third-order valence-electron chi connectivity index (χ3n) is 1.58. The summed E-state index contributed by atoms with van der Waals surface area (Å²) in [5.74, 6) is 2.32. The summed E-state index contributed by atoms with van der Waals surface area (Å²) in [6.07, 6.45) is 6.21. The summed E-state index contributed by atoms with van der Waals surface area (Å²) in [5, 5.41) is 10.1. The molecule has 67 valence electrons. The molecule has 0 fully saturated rings. The van der Waals surface area contributed by atoms with Crippen LogP contribution >= 0.6 is 11.8 Å². The quantitative estimate of drug-likeness (QED) is 0.519. The number of thioether (sulfide) groups is 1. The second-order valence-electron chi connectivity index (χ2n) is 2.73. The Morgan fingerprint density at radius 2 is 1.73 bits per heavy atom. The molecule has 0 heterocycles. The normalized spacial score (nSPS) is 10.4. The Hall–Kier alpha value is 0.310. The van der Waals surface area contributed by atoms with Crippen LogP contribution in [-0.2, 0) is 5.11 Å². The van der Waals surface area contributed by atoms with Crippen molar-refractivity contribution in [2.24, 2.45) is 0 Å². The first-order chi connectivity index (χ1) is 5.41. The zero-order valence-corrected chi connectivity index (χ0v) is 8.29. The molecule has 0 unspecified atom stereocenters. The Bertz CT molecular complexity index is 58.6. The molecule has 2 heteroatoms. The van der Waals surface area contributed by atoms with Crippen molar-refractivity contribution >= 4 is 11.8 Å². The second-order valence-corrected chi connectivity index (χ2v) is 3.96. The van der Waals surface area contributed by atoms with E-state index in [1.54, 1.807) is 0 Å². The highest BCUT2D eigenvalue weighted by Crippen LogP contribution is 2.08. The van der Waals surface area contributed by atoms with E-state index >= 15 is 0 Å². The molecule has 0 saturated heterocycles. The Morgan fingerprint density at radius 1 is 1.00 bits per heavy atom. The Kier molecular flexibility index (Phi) is 10.6. The van der Waals surface area contributed by atoms with Crippen molar-refractivity contribution in [1.29, 1.82) is 0 Å². The van der Waals surface area contributed by atoms with Crippen LogP contribution in [0.5, 0.6) is 0 Å². The lowest BCUT2D eigenvalue weighted by molar-refractivity contribution is 0.194. The monoisotopic (exact) mass is 175 g/mol. The molecule has 11 heavy (non-hydrogen) atoms. The summed E-state index contributed by atoms with van der Waals surface area (Å²) < 4.78 is 0. The van der Waals surface area contributed by atoms with Crippen molar-refractivity contribution in [3.8, 4) is 0 Å². The van der Waals surface area contributed by atoms with Gasteiger partial charge in [0.1, 0.15) is 0 Å². The lowest BCUT2D eigenvalue weighted by Gasteiger charge is -1.98. The van der Waals surface area contributed by atoms with Gasteiger partial charge in [0.2, 0.25) is 0 Å². The zero-order valence-electron chi connectivity index (χ0n) is 7.47. The van der Waals surface area contributed by atoms with Crippen LogP contribution in [0.15, 0.2) is 0 Å². The molecule has 0 saturated carbocycles. The summed E-state index contributed by atoms with van der Waals surface area (Å²) in [6, 6.07) is 0. The predicted octanol–water partition coefficient (Wildman–Crippen LogP) is 3.12. The standard InChI is InChI=1S/C9H19OS/c1-2-3-4-5-8-11-9-6-7-10/h2-9H2,1H3. The molecule has 0 bridgehead atoms. The van der Waals surface area contributed by atoms with Crippen LogP contribution in [0.2, 0.25) is 0 Å². The molecule has 0 aromatic rings. The van der Waals surface area contributed by atoms with E-state index in [0.717, 1.165) is 12.2 Å². The molecule has 0 spiro atoms. The molecular weight excluding hydrogens is 156 g/mol. The Morgan fingerprint density at radius 3 is 2.36 bits per heavy atom. The van der Waals surface area contributed by atoms with Crippen LogP contribution in [0.1, 0.15) is 39.0 Å². The van der Waals surface area contributed by atoms with Crippen LogP contribution in [0, 0.1) is 0 Å². The third kappa shape index (κ3) is 10.3. The van der Waals surface area contributed by atoms with E-state index in [1.807, 2.05) is 11.8 Å². The minimum atomic E-state index is 0.0992. The maximum atomic E-state index is 10.1. The van der Waals surface area contributed by atoms with E-state index in [1.165, 1.54) is 31.4 Å². The fourth-order valence-electron chi connectivity index (χ4n) is 0.894. The second kappa shape index (κ2) is 10.3. The summed E-state index contributed by atoms with van der Waals surface area (Å²) in [6.45, 7) is 2.33. The van der Waals surface area contributed by atoms with E-state index in [0.29, 0.717) is 0 Å². The largest absolute Gasteiger partial charge is 0.237 e. The summed E-state index contributed by atoms with van der Waals surface area (Å²) in [7, 11) is 0. The molecule has 0 aliphatic carbocycles. The van der Waals surface area contributed by atoms with Crippen molar-refractivity contribution in [3.05, 3.63) is 0 Å². The fourth-order valence-corrected chi connectivity index (χ4v) is 1.83. The first-order valence-corrected chi connectivity index (χ1v) is 5.73. The van der Waals surface area contributed by atoms with Gasteiger partial charge in [0.25, 0.3) is 0 Å². The van der Waals surface area contributed by atoms with Gasteiger partial charge in [0, 0.05) is 0 Å². The van der Waals surface area contributed by atoms with Crippen molar-refractivity contribution in [3.63, 3.8) is 0 Å². The van der Waals surface area contributed by atoms with Gasteiger partial charge in [0.05, 0.1) is 6.61 Å². The number of hydrogen-bond acceptors (Lipinski definition) is 1. The Balaban J connectivity index is 2.69. The fraction of sp³-hybridized carbons (Fsp3) is 1.00. The number of hydrogen-bond donors (Lipinski definition) is 0. The molecular formula is C9H19OS. The van der Waals surface area contributed by atoms with Gasteiger partial charge >= 0.3 is 0 Å². The summed E-state index contributed by atoms with van der Waals surface area (Å²) in [4.78, 5) is 0. The van der Waals surface area contributed by atoms with Crippen LogP contribution in [0.25, 0.3) is 0 Å². The van der Waals surface area contributed by atoms with Gasteiger partial charge in [-0.3, -0.25) is 0 Å². The van der Waals surface area contributed by atoms with Gasteiger partial charge in [0.15, 0.2) is 0 Å². The van der Waals surface area contributed by atoms with E-state index in [9.17, 15) is 5.11 Å². The number of rotatable bonds is 8. The summed E-state index contributed by atoms with van der Waals surface area (Å²) >= 11 is 1.93. The highest BCUT2D eigenvalue weighted by Gasteiger charge is 1.89. The summed E-state index contributed by atoms with van der Waals surface area (Å²) in [5.41, 5.74) is 0. The number of unbranched alkanes of at least 4 members (excludes halogenated alkanes) is 3.